The van der Waals surface area contributed by atoms with E-state index in [0.717, 1.165) is 65.2 Å². The largest absolute Gasteiger partial charge is 0.371 e. The number of piperidine rings is 1. The molecule has 0 spiro atoms. The van der Waals surface area contributed by atoms with E-state index in [0.29, 0.717) is 18.2 Å². The van der Waals surface area contributed by atoms with Gasteiger partial charge in [0.25, 0.3) is 0 Å². The van der Waals surface area contributed by atoms with E-state index in [-0.39, 0.29) is 0 Å². The summed E-state index contributed by atoms with van der Waals surface area (Å²) in [5.41, 5.74) is 5.52. The van der Waals surface area contributed by atoms with Crippen molar-refractivity contribution in [2.24, 2.45) is 5.92 Å². The topological polar surface area (TPSA) is 30.0 Å². The summed E-state index contributed by atoms with van der Waals surface area (Å²) in [6.45, 7) is 8.47. The average molecular weight is 447 g/mol. The molecule has 0 aliphatic carbocycles. The highest BCUT2D eigenvalue weighted by molar-refractivity contribution is 5.78. The summed E-state index contributed by atoms with van der Waals surface area (Å²) in [5, 5.41) is 0. The highest BCUT2D eigenvalue weighted by Crippen LogP contribution is 2.30. The predicted molar refractivity (Wildman–Crippen MR) is 136 cm³/mol. The van der Waals surface area contributed by atoms with Gasteiger partial charge in [0.1, 0.15) is 0 Å². The van der Waals surface area contributed by atoms with Gasteiger partial charge in [0.15, 0.2) is 0 Å². The molecular formula is C28H38N4O. The standard InChI is InChI=1S/C28H38N4O/c1-29-16-18-30(19-17-29)27-8-3-2-7-25(27)20-24-6-4-14-31(22-24)26-12-10-23(11-13-26)21-32-15-5-9-28(32)33/h2-3,7-8,10-13,24H,4-6,9,14-22H2,1H3. The second-order valence-electron chi connectivity index (χ2n) is 10.2. The second kappa shape index (κ2) is 10.2. The molecule has 1 unspecified atom stereocenters. The van der Waals surface area contributed by atoms with Crippen molar-refractivity contribution in [3.05, 3.63) is 59.7 Å². The van der Waals surface area contributed by atoms with Crippen molar-refractivity contribution < 1.29 is 4.79 Å². The Hall–Kier alpha value is -2.53. The minimum absolute atomic E-state index is 0.301. The zero-order valence-electron chi connectivity index (χ0n) is 20.1. The molecule has 1 amide bonds. The fourth-order valence-corrected chi connectivity index (χ4v) is 5.72. The summed E-state index contributed by atoms with van der Waals surface area (Å²) < 4.78 is 0. The average Bonchev–Trinajstić information content (AvgIpc) is 3.25. The molecule has 0 radical (unpaired) electrons. The molecule has 3 aliphatic heterocycles. The molecule has 0 aromatic heterocycles. The van der Waals surface area contributed by atoms with Gasteiger partial charge < -0.3 is 19.6 Å². The van der Waals surface area contributed by atoms with Crippen LogP contribution >= 0.6 is 0 Å². The van der Waals surface area contributed by atoms with Gasteiger partial charge >= 0.3 is 0 Å². The number of piperazine rings is 1. The number of likely N-dealkylation sites (N-methyl/N-ethyl adjacent to an activating group) is 1. The molecule has 5 nitrogen and oxygen atoms in total. The zero-order chi connectivity index (χ0) is 22.6. The van der Waals surface area contributed by atoms with Crippen LogP contribution in [0.1, 0.15) is 36.8 Å². The molecule has 176 valence electrons. The Morgan fingerprint density at radius 2 is 1.64 bits per heavy atom. The van der Waals surface area contributed by atoms with Crippen LogP contribution in [0.25, 0.3) is 0 Å². The van der Waals surface area contributed by atoms with Crippen molar-refractivity contribution in [1.29, 1.82) is 0 Å². The number of hydrogen-bond donors (Lipinski definition) is 0. The van der Waals surface area contributed by atoms with Crippen molar-refractivity contribution in [2.45, 2.75) is 38.6 Å². The first-order valence-corrected chi connectivity index (χ1v) is 12.8. The maximum absolute atomic E-state index is 11.9. The summed E-state index contributed by atoms with van der Waals surface area (Å²) in [6.07, 6.45) is 5.44. The molecule has 33 heavy (non-hydrogen) atoms. The van der Waals surface area contributed by atoms with E-state index in [1.165, 1.54) is 35.3 Å². The molecule has 2 aromatic carbocycles. The molecule has 0 N–H and O–H groups in total. The summed E-state index contributed by atoms with van der Waals surface area (Å²) in [7, 11) is 2.22. The van der Waals surface area contributed by atoms with Gasteiger partial charge in [-0.25, -0.2) is 0 Å². The van der Waals surface area contributed by atoms with Crippen molar-refractivity contribution in [3.8, 4) is 0 Å². The lowest BCUT2D eigenvalue weighted by molar-refractivity contribution is -0.128. The van der Waals surface area contributed by atoms with E-state index in [2.05, 4.69) is 70.3 Å². The number of hydrogen-bond acceptors (Lipinski definition) is 4. The van der Waals surface area contributed by atoms with E-state index in [4.69, 9.17) is 0 Å². The van der Waals surface area contributed by atoms with Gasteiger partial charge in [-0.05, 0) is 68.0 Å². The number of carbonyl (C=O) groups excluding carboxylic acids is 1. The van der Waals surface area contributed by atoms with Crippen LogP contribution in [0, 0.1) is 5.92 Å². The van der Waals surface area contributed by atoms with Gasteiger partial charge in [-0.1, -0.05) is 30.3 Å². The summed E-state index contributed by atoms with van der Waals surface area (Å²) in [4.78, 5) is 21.5. The third-order valence-electron chi connectivity index (χ3n) is 7.71. The molecule has 3 aliphatic rings. The van der Waals surface area contributed by atoms with Crippen LogP contribution in [0.3, 0.4) is 0 Å². The molecule has 5 heteroatoms. The van der Waals surface area contributed by atoms with Crippen LogP contribution in [0.2, 0.25) is 0 Å². The Bertz CT molecular complexity index is 935. The Labute approximate surface area is 199 Å². The number of amides is 1. The summed E-state index contributed by atoms with van der Waals surface area (Å²) in [6, 6.07) is 18.0. The third kappa shape index (κ3) is 5.35. The lowest BCUT2D eigenvalue weighted by Crippen LogP contribution is -2.45. The van der Waals surface area contributed by atoms with E-state index in [1.54, 1.807) is 0 Å². The van der Waals surface area contributed by atoms with Crippen LogP contribution in [0.4, 0.5) is 11.4 Å². The van der Waals surface area contributed by atoms with Crippen molar-refractivity contribution in [3.63, 3.8) is 0 Å². The highest BCUT2D eigenvalue weighted by Gasteiger charge is 2.24. The van der Waals surface area contributed by atoms with Gasteiger partial charge in [0.2, 0.25) is 5.91 Å². The van der Waals surface area contributed by atoms with Crippen molar-refractivity contribution >= 4 is 17.3 Å². The lowest BCUT2D eigenvalue weighted by Gasteiger charge is -2.37. The van der Waals surface area contributed by atoms with Gasteiger partial charge in [-0.3, -0.25) is 4.79 Å². The Morgan fingerprint density at radius 3 is 2.39 bits per heavy atom. The van der Waals surface area contributed by atoms with Gasteiger partial charge in [0.05, 0.1) is 0 Å². The summed E-state index contributed by atoms with van der Waals surface area (Å²) in [5.74, 6) is 0.990. The number of carbonyl (C=O) groups is 1. The highest BCUT2D eigenvalue weighted by atomic mass is 16.2. The van der Waals surface area contributed by atoms with E-state index in [9.17, 15) is 4.79 Å². The maximum atomic E-state index is 11.9. The first-order valence-electron chi connectivity index (χ1n) is 12.8. The van der Waals surface area contributed by atoms with E-state index in [1.807, 2.05) is 4.90 Å². The Kier molecular flexibility index (Phi) is 6.86. The minimum atomic E-state index is 0.301. The number of likely N-dealkylation sites (tertiary alicyclic amines) is 1. The normalized spacial score (nSPS) is 22.3. The molecule has 3 fully saturated rings. The molecular weight excluding hydrogens is 408 g/mol. The van der Waals surface area contributed by atoms with Gasteiger partial charge in [0, 0.05) is 70.2 Å². The fraction of sp³-hybridized carbons (Fsp3) is 0.536. The smallest absolute Gasteiger partial charge is 0.222 e. The number of nitrogens with zero attached hydrogens (tertiary/aromatic N) is 4. The van der Waals surface area contributed by atoms with Crippen LogP contribution < -0.4 is 9.80 Å². The molecule has 3 heterocycles. The molecule has 1 atom stereocenters. The van der Waals surface area contributed by atoms with Crippen LogP contribution in [-0.4, -0.2) is 68.6 Å². The minimum Gasteiger partial charge on any atom is -0.371 e. The number of benzene rings is 2. The van der Waals surface area contributed by atoms with E-state index < -0.39 is 0 Å². The second-order valence-corrected chi connectivity index (χ2v) is 10.2. The van der Waals surface area contributed by atoms with Gasteiger partial charge in [-0.2, -0.15) is 0 Å². The van der Waals surface area contributed by atoms with Crippen molar-refractivity contribution in [1.82, 2.24) is 9.80 Å². The van der Waals surface area contributed by atoms with Crippen LogP contribution in [0.15, 0.2) is 48.5 Å². The Balaban J connectivity index is 1.21. The predicted octanol–water partition coefficient (Wildman–Crippen LogP) is 4.02. The monoisotopic (exact) mass is 446 g/mol. The van der Waals surface area contributed by atoms with E-state index >= 15 is 0 Å². The molecule has 0 bridgehead atoms. The van der Waals surface area contributed by atoms with Crippen molar-refractivity contribution in [2.75, 3.05) is 62.7 Å². The quantitative estimate of drug-likeness (QED) is 0.671. The summed E-state index contributed by atoms with van der Waals surface area (Å²) >= 11 is 0. The first kappa shape index (κ1) is 22.3. The van der Waals surface area contributed by atoms with Gasteiger partial charge in [-0.15, -0.1) is 0 Å². The number of para-hydroxylation sites is 1. The Morgan fingerprint density at radius 1 is 0.848 bits per heavy atom. The number of rotatable bonds is 6. The maximum Gasteiger partial charge on any atom is 0.222 e. The van der Waals surface area contributed by atoms with Crippen LogP contribution in [0.5, 0.6) is 0 Å². The zero-order valence-corrected chi connectivity index (χ0v) is 20.1. The number of anilines is 2. The molecule has 2 aromatic rings. The van der Waals surface area contributed by atoms with Crippen LogP contribution in [-0.2, 0) is 17.8 Å². The lowest BCUT2D eigenvalue weighted by atomic mass is 9.90. The molecule has 5 rings (SSSR count). The SMILES string of the molecule is CN1CCN(c2ccccc2CC2CCCN(c3ccc(CN4CCCC4=O)cc3)C2)CC1. The fourth-order valence-electron chi connectivity index (χ4n) is 5.72. The molecule has 3 saturated heterocycles. The third-order valence-corrected chi connectivity index (χ3v) is 7.71. The molecule has 0 saturated carbocycles. The first-order chi connectivity index (χ1) is 16.2.